The van der Waals surface area contributed by atoms with E-state index in [1.165, 1.54) is 16.6 Å². The van der Waals surface area contributed by atoms with Crippen LogP contribution in [0.2, 0.25) is 0 Å². The summed E-state index contributed by atoms with van der Waals surface area (Å²) in [5.41, 5.74) is 6.26. The Hall–Kier alpha value is -2.56. The first-order valence-corrected chi connectivity index (χ1v) is 7.75. The van der Waals surface area contributed by atoms with Crippen LogP contribution in [-0.2, 0) is 6.42 Å². The number of rotatable bonds is 1. The Morgan fingerprint density at radius 2 is 1.43 bits per heavy atom. The molecule has 0 aliphatic carbocycles. The van der Waals surface area contributed by atoms with Crippen molar-refractivity contribution in [3.63, 3.8) is 0 Å². The highest BCUT2D eigenvalue weighted by Gasteiger charge is 2.25. The summed E-state index contributed by atoms with van der Waals surface area (Å²) >= 11 is 0. The molecule has 0 radical (unpaired) electrons. The van der Waals surface area contributed by atoms with Crippen molar-refractivity contribution < 1.29 is 10.0 Å². The van der Waals surface area contributed by atoms with Crippen LogP contribution in [0.3, 0.4) is 0 Å². The first kappa shape index (κ1) is 12.9. The molecule has 0 spiro atoms. The van der Waals surface area contributed by atoms with Crippen LogP contribution in [0, 0.1) is 0 Å². The van der Waals surface area contributed by atoms with Crippen molar-refractivity contribution in [1.29, 1.82) is 0 Å². The van der Waals surface area contributed by atoms with E-state index in [1.807, 2.05) is 12.1 Å². The Kier molecular flexibility index (Phi) is 2.52. The molecule has 23 heavy (non-hydrogen) atoms. The van der Waals surface area contributed by atoms with Gasteiger partial charge in [0.15, 0.2) is 0 Å². The van der Waals surface area contributed by atoms with Gasteiger partial charge in [-0.1, -0.05) is 54.6 Å². The van der Waals surface area contributed by atoms with Crippen molar-refractivity contribution in [3.8, 4) is 5.69 Å². The van der Waals surface area contributed by atoms with E-state index in [-0.39, 0.29) is 0 Å². The topological polar surface area (TPSA) is 45.4 Å². The van der Waals surface area contributed by atoms with E-state index in [0.717, 1.165) is 28.4 Å². The zero-order chi connectivity index (χ0) is 15.6. The molecule has 2 N–H and O–H groups in total. The average molecular weight is 299 g/mol. The molecule has 1 aliphatic heterocycles. The lowest BCUT2D eigenvalue weighted by atomic mass is 9.79. The summed E-state index contributed by atoms with van der Waals surface area (Å²) in [7, 11) is -1.49. The van der Waals surface area contributed by atoms with Crippen LogP contribution < -0.4 is 5.46 Å². The van der Waals surface area contributed by atoms with Crippen molar-refractivity contribution in [2.45, 2.75) is 6.42 Å². The molecule has 3 aromatic carbocycles. The molecule has 4 heteroatoms. The lowest BCUT2D eigenvalue weighted by Crippen LogP contribution is -2.31. The van der Waals surface area contributed by atoms with Gasteiger partial charge in [-0.3, -0.25) is 0 Å². The molecule has 0 fully saturated rings. The van der Waals surface area contributed by atoms with Crippen LogP contribution in [0.1, 0.15) is 11.1 Å². The largest absolute Gasteiger partial charge is 0.490 e. The zero-order valence-corrected chi connectivity index (χ0v) is 12.4. The van der Waals surface area contributed by atoms with E-state index in [2.05, 4.69) is 47.0 Å². The quantitative estimate of drug-likeness (QED) is 0.467. The van der Waals surface area contributed by atoms with E-state index in [9.17, 15) is 10.0 Å². The Labute approximate surface area is 133 Å². The van der Waals surface area contributed by atoms with Gasteiger partial charge in [0.2, 0.25) is 0 Å². The van der Waals surface area contributed by atoms with Crippen molar-refractivity contribution in [2.75, 3.05) is 0 Å². The summed E-state index contributed by atoms with van der Waals surface area (Å²) in [6, 6.07) is 20.4. The van der Waals surface area contributed by atoms with Crippen LogP contribution in [0.5, 0.6) is 0 Å². The number of hydrogen-bond donors (Lipinski definition) is 2. The molecule has 2 heterocycles. The number of benzene rings is 3. The molecule has 0 amide bonds. The van der Waals surface area contributed by atoms with Crippen LogP contribution in [-0.4, -0.2) is 21.7 Å². The van der Waals surface area contributed by atoms with Crippen molar-refractivity contribution in [1.82, 2.24) is 4.57 Å². The van der Waals surface area contributed by atoms with E-state index in [4.69, 9.17) is 0 Å². The van der Waals surface area contributed by atoms with Gasteiger partial charge in [0.1, 0.15) is 0 Å². The maximum Gasteiger partial charge on any atom is 0.490 e. The fourth-order valence-corrected chi connectivity index (χ4v) is 3.89. The molecule has 0 saturated carbocycles. The van der Waals surface area contributed by atoms with E-state index >= 15 is 0 Å². The summed E-state index contributed by atoms with van der Waals surface area (Å²) in [4.78, 5) is 0. The van der Waals surface area contributed by atoms with Crippen molar-refractivity contribution in [2.24, 2.45) is 0 Å². The van der Waals surface area contributed by atoms with Crippen molar-refractivity contribution >= 4 is 34.4 Å². The van der Waals surface area contributed by atoms with Crippen LogP contribution >= 0.6 is 0 Å². The molecule has 4 aromatic rings. The molecule has 5 rings (SSSR count). The number of aromatic nitrogens is 1. The maximum absolute atomic E-state index is 9.84. The van der Waals surface area contributed by atoms with E-state index in [1.54, 1.807) is 6.07 Å². The number of hydrogen-bond acceptors (Lipinski definition) is 2. The number of para-hydroxylation sites is 3. The molecule has 3 nitrogen and oxygen atoms in total. The first-order chi connectivity index (χ1) is 11.3. The van der Waals surface area contributed by atoms with Crippen molar-refractivity contribution in [3.05, 3.63) is 71.8 Å². The van der Waals surface area contributed by atoms with Crippen LogP contribution in [0.4, 0.5) is 0 Å². The van der Waals surface area contributed by atoms with Gasteiger partial charge in [0.05, 0.1) is 11.0 Å². The summed E-state index contributed by atoms with van der Waals surface area (Å²) < 4.78 is 2.19. The highest BCUT2D eigenvalue weighted by atomic mass is 16.4. The van der Waals surface area contributed by atoms with Gasteiger partial charge < -0.3 is 14.6 Å². The second-order valence-electron chi connectivity index (χ2n) is 6.07. The number of fused-ring (bicyclic) bond motifs is 5. The Morgan fingerprint density at radius 1 is 0.739 bits per heavy atom. The third-order valence-corrected chi connectivity index (χ3v) is 4.82. The normalized spacial score (nSPS) is 12.6. The van der Waals surface area contributed by atoms with Gasteiger partial charge in [-0.05, 0) is 17.2 Å². The second kappa shape index (κ2) is 4.48. The van der Waals surface area contributed by atoms with E-state index in [0.29, 0.717) is 5.46 Å². The van der Waals surface area contributed by atoms with Gasteiger partial charge in [-0.15, -0.1) is 0 Å². The first-order valence-electron chi connectivity index (χ1n) is 7.75. The minimum absolute atomic E-state index is 0.543. The molecule has 1 aliphatic rings. The summed E-state index contributed by atoms with van der Waals surface area (Å²) in [6.07, 6.45) is 0.904. The van der Waals surface area contributed by atoms with E-state index < -0.39 is 7.12 Å². The molecule has 110 valence electrons. The molecule has 0 bridgehead atoms. The standard InChI is InChI=1S/C19H14BNO2/c22-20(23)16-9-4-8-15-14-7-3-6-13-11-12-5-1-2-10-17(12)21(18(13)14)19(15)16/h1-10,22-23H,11H2. The zero-order valence-electron chi connectivity index (χ0n) is 12.4. The Morgan fingerprint density at radius 3 is 2.26 bits per heavy atom. The molecule has 1 aromatic heterocycles. The monoisotopic (exact) mass is 299 g/mol. The van der Waals surface area contributed by atoms with Crippen LogP contribution in [0.25, 0.3) is 27.5 Å². The predicted molar refractivity (Wildman–Crippen MR) is 93.4 cm³/mol. The fraction of sp³-hybridized carbons (Fsp3) is 0.0526. The van der Waals surface area contributed by atoms with Gasteiger partial charge in [0.25, 0.3) is 0 Å². The third-order valence-electron chi connectivity index (χ3n) is 4.82. The minimum atomic E-state index is -1.49. The van der Waals surface area contributed by atoms with Gasteiger partial charge in [-0.25, -0.2) is 0 Å². The van der Waals surface area contributed by atoms with Gasteiger partial charge in [-0.2, -0.15) is 0 Å². The lowest BCUT2D eigenvalue weighted by Gasteiger charge is -2.21. The summed E-state index contributed by atoms with van der Waals surface area (Å²) in [5, 5.41) is 21.9. The van der Waals surface area contributed by atoms with Crippen LogP contribution in [0.15, 0.2) is 60.7 Å². The molecular weight excluding hydrogens is 285 g/mol. The SMILES string of the molecule is OB(O)c1cccc2c3cccc4c3n(c12)-c1ccccc1C4. The third kappa shape index (κ3) is 1.62. The lowest BCUT2D eigenvalue weighted by molar-refractivity contribution is 0.426. The second-order valence-corrected chi connectivity index (χ2v) is 6.07. The summed E-state index contributed by atoms with van der Waals surface area (Å²) in [5.74, 6) is 0. The van der Waals surface area contributed by atoms with Gasteiger partial charge >= 0.3 is 7.12 Å². The Balaban J connectivity index is 2.09. The maximum atomic E-state index is 9.84. The highest BCUT2D eigenvalue weighted by molar-refractivity contribution is 6.62. The fourth-order valence-electron chi connectivity index (χ4n) is 3.89. The molecule has 0 atom stereocenters. The van der Waals surface area contributed by atoms with Gasteiger partial charge in [0, 0.05) is 28.3 Å². The highest BCUT2D eigenvalue weighted by Crippen LogP contribution is 2.38. The molecule has 0 unspecified atom stereocenters. The minimum Gasteiger partial charge on any atom is -0.423 e. The summed E-state index contributed by atoms with van der Waals surface area (Å²) in [6.45, 7) is 0. The predicted octanol–water partition coefficient (Wildman–Crippen LogP) is 2.37. The Bertz CT molecular complexity index is 1080. The average Bonchev–Trinajstić information content (AvgIpc) is 2.92. The smallest absolute Gasteiger partial charge is 0.423 e. The molecule has 0 saturated heterocycles. The number of nitrogens with zero attached hydrogens (tertiary/aromatic N) is 1. The molecular formula is C19H14BNO2.